The standard InChI is InChI=1S/C19H34N2P.CH2O.CO.Ru.H/c1-9-21(10-2)14-16-12-11-13-17(20-16)15-22(18(3,4)5)19(6,7)8;2*1-2;;/h11-13,15H,9-10,14H2,1-8H3;1H2;;;/q-1;;;+2;-1/b17-15-;;;;. The molecule has 0 saturated carbocycles. The van der Waals surface area contributed by atoms with Crippen LogP contribution in [0, 0.1) is 6.65 Å². The quantitative estimate of drug-likeness (QED) is 0.210. The molecule has 0 radical (unpaired) electrons. The Balaban J connectivity index is -0.000000449. The summed E-state index contributed by atoms with van der Waals surface area (Å²) in [6.45, 7) is 28.1. The van der Waals surface area contributed by atoms with Gasteiger partial charge in [-0.15, -0.1) is 11.4 Å². The summed E-state index contributed by atoms with van der Waals surface area (Å²) >= 11 is 0. The molecule has 1 rings (SSSR count). The van der Waals surface area contributed by atoms with Gasteiger partial charge < -0.3 is 16.4 Å². The van der Waals surface area contributed by atoms with Crippen molar-refractivity contribution in [3.05, 3.63) is 47.4 Å². The molecular formula is C21H37N2O2PRu. The van der Waals surface area contributed by atoms with Gasteiger partial charge in [-0.05, 0) is 23.4 Å². The van der Waals surface area contributed by atoms with Crippen LogP contribution in [0.15, 0.2) is 35.4 Å². The minimum absolute atomic E-state index is 0. The maximum absolute atomic E-state index is 8.00. The molecule has 0 aromatic heterocycles. The molecular weight excluding hydrogens is 444 g/mol. The third-order valence-corrected chi connectivity index (χ3v) is 7.23. The van der Waals surface area contributed by atoms with E-state index in [1.807, 2.05) is 6.79 Å². The zero-order valence-electron chi connectivity index (χ0n) is 19.1. The molecule has 6 heteroatoms. The molecule has 0 unspecified atom stereocenters. The van der Waals surface area contributed by atoms with Gasteiger partial charge in [-0.2, -0.15) is 0 Å². The summed E-state index contributed by atoms with van der Waals surface area (Å²) in [7, 11) is -0.260. The van der Waals surface area contributed by atoms with Gasteiger partial charge in [0.1, 0.15) is 6.79 Å². The molecule has 0 N–H and O–H groups in total. The van der Waals surface area contributed by atoms with Gasteiger partial charge in [-0.1, -0.05) is 87.4 Å². The van der Waals surface area contributed by atoms with E-state index in [1.54, 1.807) is 0 Å². The number of rotatable bonds is 5. The fourth-order valence-corrected chi connectivity index (χ4v) is 6.06. The molecule has 0 aliphatic carbocycles. The molecule has 1 aliphatic heterocycles. The summed E-state index contributed by atoms with van der Waals surface area (Å²) in [6.07, 6.45) is 6.45. The maximum atomic E-state index is 8.00. The molecule has 0 fully saturated rings. The number of carbonyl (C=O) groups excluding carboxylic acids is 1. The Morgan fingerprint density at radius 3 is 1.96 bits per heavy atom. The first-order valence-corrected chi connectivity index (χ1v) is 10.3. The second kappa shape index (κ2) is 15.4. The van der Waals surface area contributed by atoms with E-state index in [0.717, 1.165) is 25.3 Å². The van der Waals surface area contributed by atoms with Crippen LogP contribution >= 0.6 is 7.92 Å². The Hall–Kier alpha value is -0.557. The third-order valence-electron chi connectivity index (χ3n) is 3.82. The summed E-state index contributed by atoms with van der Waals surface area (Å²) < 4.78 is 7.50. The van der Waals surface area contributed by atoms with Gasteiger partial charge in [-0.25, -0.2) is 0 Å². The molecule has 0 spiro atoms. The summed E-state index contributed by atoms with van der Waals surface area (Å²) in [5.41, 5.74) is 2.32. The molecule has 0 bridgehead atoms. The molecule has 0 aromatic rings. The van der Waals surface area contributed by atoms with Crippen molar-refractivity contribution >= 4 is 14.7 Å². The van der Waals surface area contributed by atoms with Crippen LogP contribution in [-0.2, 0) is 28.9 Å². The monoisotopic (exact) mass is 482 g/mol. The molecule has 1 heterocycles. The first-order valence-electron chi connectivity index (χ1n) is 8.89. The van der Waals surface area contributed by atoms with Crippen LogP contribution < -0.4 is 0 Å². The van der Waals surface area contributed by atoms with Crippen LogP contribution in [0.4, 0.5) is 0 Å². The first-order chi connectivity index (χ1) is 12.1. The maximum Gasteiger partial charge on any atom is 2.00 e. The van der Waals surface area contributed by atoms with Crippen molar-refractivity contribution in [1.82, 2.24) is 4.90 Å². The number of carbonyl (C=O) groups is 1. The van der Waals surface area contributed by atoms with E-state index in [-0.39, 0.29) is 28.8 Å². The van der Waals surface area contributed by atoms with Crippen molar-refractivity contribution in [1.29, 1.82) is 0 Å². The summed E-state index contributed by atoms with van der Waals surface area (Å²) in [4.78, 5) is 10.4. The average Bonchev–Trinajstić information content (AvgIpc) is 2.59. The van der Waals surface area contributed by atoms with Gasteiger partial charge in [-0.3, -0.25) is 0 Å². The fraction of sp³-hybridized carbons (Fsp3) is 0.619. The molecule has 0 saturated heterocycles. The normalized spacial score (nSPS) is 15.0. The van der Waals surface area contributed by atoms with E-state index in [4.69, 9.17) is 14.8 Å². The molecule has 0 aromatic carbocycles. The van der Waals surface area contributed by atoms with Gasteiger partial charge >= 0.3 is 30.8 Å². The molecule has 27 heavy (non-hydrogen) atoms. The topological polar surface area (TPSA) is 54.3 Å². The van der Waals surface area contributed by atoms with Gasteiger partial charge in [0.15, 0.2) is 0 Å². The van der Waals surface area contributed by atoms with Gasteiger partial charge in [0.25, 0.3) is 0 Å². The Labute approximate surface area is 182 Å². The predicted octanol–water partition coefficient (Wildman–Crippen LogP) is 5.96. The molecule has 0 atom stereocenters. The Bertz CT molecular complexity index is 503. The largest absolute Gasteiger partial charge is 2.00 e. The van der Waals surface area contributed by atoms with Crippen LogP contribution in [0.1, 0.15) is 56.8 Å². The predicted molar refractivity (Wildman–Crippen MR) is 115 cm³/mol. The SMILES string of the molecule is C=O.CCN(CC)CC1=CC=C/C(=C/P(C(C)(C)C)C(C)(C)C)[N-]1.[C-]#[O+].[H-].[Ru+2]. The van der Waals surface area contributed by atoms with Gasteiger partial charge in [0, 0.05) is 6.54 Å². The van der Waals surface area contributed by atoms with Crippen molar-refractivity contribution in [3.63, 3.8) is 0 Å². The number of likely N-dealkylation sites (N-methyl/N-ethyl adjacent to an activating group) is 1. The van der Waals surface area contributed by atoms with E-state index in [0.29, 0.717) is 10.3 Å². The number of nitrogens with zero attached hydrogens (tertiary/aromatic N) is 2. The zero-order valence-corrected chi connectivity index (χ0v) is 20.8. The van der Waals surface area contributed by atoms with Crippen LogP contribution in [0.2, 0.25) is 0 Å². The van der Waals surface area contributed by atoms with Gasteiger partial charge in [0.2, 0.25) is 0 Å². The van der Waals surface area contributed by atoms with Crippen LogP contribution in [0.3, 0.4) is 0 Å². The van der Waals surface area contributed by atoms with E-state index in [2.05, 4.69) is 91.0 Å². The second-order valence-corrected chi connectivity index (χ2v) is 11.5. The van der Waals surface area contributed by atoms with Gasteiger partial charge in [0.05, 0.1) is 0 Å². The number of hydrogen-bond acceptors (Lipinski definition) is 2. The van der Waals surface area contributed by atoms with Crippen LogP contribution in [0.25, 0.3) is 5.32 Å². The number of allylic oxidation sites excluding steroid dienone is 3. The van der Waals surface area contributed by atoms with Crippen LogP contribution in [0.5, 0.6) is 0 Å². The fourth-order valence-electron chi connectivity index (χ4n) is 2.86. The van der Waals surface area contributed by atoms with Crippen molar-refractivity contribution in [2.75, 3.05) is 19.6 Å². The second-order valence-electron chi connectivity index (χ2n) is 7.86. The average molecular weight is 482 g/mol. The Morgan fingerprint density at radius 1 is 1.15 bits per heavy atom. The summed E-state index contributed by atoms with van der Waals surface area (Å²) in [5, 5.41) is 5.49. The van der Waals surface area contributed by atoms with Crippen molar-refractivity contribution in [3.8, 4) is 0 Å². The minimum Gasteiger partial charge on any atom is -1.00 e. The smallest absolute Gasteiger partial charge is 1.00 e. The first kappa shape index (κ1) is 31.1. The van der Waals surface area contributed by atoms with E-state index >= 15 is 0 Å². The third kappa shape index (κ3) is 12.5. The van der Waals surface area contributed by atoms with Crippen molar-refractivity contribution in [2.45, 2.75) is 65.7 Å². The van der Waals surface area contributed by atoms with E-state index in [1.165, 1.54) is 5.70 Å². The summed E-state index contributed by atoms with van der Waals surface area (Å²) in [5.74, 6) is 2.43. The molecule has 4 nitrogen and oxygen atoms in total. The minimum atomic E-state index is -0.260. The molecule has 1 aliphatic rings. The molecule has 0 amide bonds. The van der Waals surface area contributed by atoms with E-state index in [9.17, 15) is 0 Å². The van der Waals surface area contributed by atoms with Crippen molar-refractivity contribution in [2.24, 2.45) is 0 Å². The number of hydrogen-bond donors (Lipinski definition) is 0. The molecule has 156 valence electrons. The Morgan fingerprint density at radius 2 is 1.59 bits per heavy atom. The zero-order chi connectivity index (χ0) is 21.0. The Kier molecular flexibility index (Phi) is 17.7. The van der Waals surface area contributed by atoms with Crippen LogP contribution in [-0.4, -0.2) is 41.6 Å². The summed E-state index contributed by atoms with van der Waals surface area (Å²) in [6, 6.07) is 0. The van der Waals surface area contributed by atoms with E-state index < -0.39 is 0 Å². The van der Waals surface area contributed by atoms with Crippen molar-refractivity contribution < 1.29 is 30.4 Å².